The Morgan fingerprint density at radius 2 is 2.47 bits per heavy atom. The van der Waals surface area contributed by atoms with E-state index in [1.54, 1.807) is 12.4 Å². The van der Waals surface area contributed by atoms with Gasteiger partial charge in [-0.05, 0) is 24.5 Å². The number of aromatic nitrogens is 1. The van der Waals surface area contributed by atoms with Crippen LogP contribution in [0.5, 0.6) is 0 Å². The third kappa shape index (κ3) is 2.68. The highest BCUT2D eigenvalue weighted by atomic mass is 35.5. The molecule has 1 saturated heterocycles. The lowest BCUT2D eigenvalue weighted by atomic mass is 9.90. The van der Waals surface area contributed by atoms with Gasteiger partial charge in [-0.1, -0.05) is 11.6 Å². The molecule has 1 unspecified atom stereocenters. The van der Waals surface area contributed by atoms with Crippen molar-refractivity contribution in [3.8, 4) is 0 Å². The molecular formula is C11H14ClNO2. The molecule has 1 N–H and O–H groups in total. The first-order valence-corrected chi connectivity index (χ1v) is 5.46. The van der Waals surface area contributed by atoms with Gasteiger partial charge in [0.15, 0.2) is 0 Å². The highest BCUT2D eigenvalue weighted by Crippen LogP contribution is 2.26. The van der Waals surface area contributed by atoms with Crippen LogP contribution in [0, 0.1) is 0 Å². The van der Waals surface area contributed by atoms with Crippen LogP contribution in [0.3, 0.4) is 0 Å². The summed E-state index contributed by atoms with van der Waals surface area (Å²) in [5.74, 6) is 0. The van der Waals surface area contributed by atoms with E-state index < -0.39 is 5.60 Å². The van der Waals surface area contributed by atoms with Crippen LogP contribution in [0.25, 0.3) is 0 Å². The first-order valence-electron chi connectivity index (χ1n) is 5.08. The van der Waals surface area contributed by atoms with Crippen molar-refractivity contribution < 1.29 is 9.84 Å². The summed E-state index contributed by atoms with van der Waals surface area (Å²) >= 11 is 5.99. The number of hydrogen-bond donors (Lipinski definition) is 1. The molecule has 1 aliphatic rings. The quantitative estimate of drug-likeness (QED) is 0.838. The van der Waals surface area contributed by atoms with Gasteiger partial charge in [-0.25, -0.2) is 0 Å². The first-order chi connectivity index (χ1) is 7.20. The molecule has 0 aliphatic carbocycles. The van der Waals surface area contributed by atoms with Crippen molar-refractivity contribution in [2.75, 3.05) is 13.2 Å². The molecule has 0 spiro atoms. The fourth-order valence-electron chi connectivity index (χ4n) is 1.88. The maximum atomic E-state index is 10.2. The number of rotatable bonds is 2. The Morgan fingerprint density at radius 3 is 3.13 bits per heavy atom. The Morgan fingerprint density at radius 1 is 1.60 bits per heavy atom. The van der Waals surface area contributed by atoms with E-state index in [0.29, 0.717) is 18.1 Å². The topological polar surface area (TPSA) is 42.4 Å². The molecule has 0 saturated carbocycles. The normalized spacial score (nSPS) is 26.5. The van der Waals surface area contributed by atoms with Crippen molar-refractivity contribution in [3.63, 3.8) is 0 Å². The van der Waals surface area contributed by atoms with Crippen LogP contribution in [-0.4, -0.2) is 28.9 Å². The Hall–Kier alpha value is -0.640. The molecule has 1 aromatic heterocycles. The van der Waals surface area contributed by atoms with Crippen molar-refractivity contribution in [2.24, 2.45) is 0 Å². The molecular weight excluding hydrogens is 214 g/mol. The summed E-state index contributed by atoms with van der Waals surface area (Å²) in [6.07, 6.45) is 5.50. The molecule has 1 aromatic rings. The molecule has 1 atom stereocenters. The second-order valence-electron chi connectivity index (χ2n) is 4.02. The smallest absolute Gasteiger partial charge is 0.0921 e. The lowest BCUT2D eigenvalue weighted by Gasteiger charge is -2.32. The molecule has 82 valence electrons. The lowest BCUT2D eigenvalue weighted by molar-refractivity contribution is -0.0844. The summed E-state index contributed by atoms with van der Waals surface area (Å²) in [6, 6.07) is 1.84. The number of hydrogen-bond acceptors (Lipinski definition) is 3. The molecule has 4 heteroatoms. The predicted octanol–water partition coefficient (Wildman–Crippen LogP) is 1.82. The summed E-state index contributed by atoms with van der Waals surface area (Å²) in [4.78, 5) is 3.92. The monoisotopic (exact) mass is 227 g/mol. The number of halogens is 1. The first kappa shape index (κ1) is 10.9. The van der Waals surface area contributed by atoms with E-state index in [2.05, 4.69) is 4.98 Å². The van der Waals surface area contributed by atoms with Crippen molar-refractivity contribution in [1.82, 2.24) is 4.98 Å². The predicted molar refractivity (Wildman–Crippen MR) is 58.0 cm³/mol. The van der Waals surface area contributed by atoms with Crippen LogP contribution in [0.2, 0.25) is 5.02 Å². The molecule has 0 radical (unpaired) electrons. The van der Waals surface area contributed by atoms with Gasteiger partial charge >= 0.3 is 0 Å². The fourth-order valence-corrected chi connectivity index (χ4v) is 2.07. The lowest BCUT2D eigenvalue weighted by Crippen LogP contribution is -2.40. The van der Waals surface area contributed by atoms with Crippen LogP contribution in [-0.2, 0) is 11.2 Å². The minimum atomic E-state index is -0.761. The largest absolute Gasteiger partial charge is 0.387 e. The summed E-state index contributed by atoms with van der Waals surface area (Å²) in [7, 11) is 0. The van der Waals surface area contributed by atoms with Gasteiger partial charge in [0.25, 0.3) is 0 Å². The van der Waals surface area contributed by atoms with Crippen molar-refractivity contribution in [3.05, 3.63) is 29.0 Å². The second kappa shape index (κ2) is 4.47. The average Bonchev–Trinajstić information content (AvgIpc) is 2.22. The molecule has 2 rings (SSSR count). The van der Waals surface area contributed by atoms with Gasteiger partial charge in [-0.15, -0.1) is 0 Å². The molecule has 1 fully saturated rings. The summed E-state index contributed by atoms with van der Waals surface area (Å²) in [5.41, 5.74) is 0.170. The minimum absolute atomic E-state index is 0.394. The van der Waals surface area contributed by atoms with Crippen LogP contribution in [0.4, 0.5) is 0 Å². The molecule has 0 amide bonds. The van der Waals surface area contributed by atoms with E-state index in [4.69, 9.17) is 16.3 Å². The van der Waals surface area contributed by atoms with Crippen LogP contribution in [0.15, 0.2) is 18.5 Å². The number of ether oxygens (including phenoxy) is 1. The zero-order valence-electron chi connectivity index (χ0n) is 8.45. The molecule has 0 aromatic carbocycles. The molecule has 15 heavy (non-hydrogen) atoms. The van der Waals surface area contributed by atoms with Gasteiger partial charge in [0.2, 0.25) is 0 Å². The Bertz CT molecular complexity index is 337. The summed E-state index contributed by atoms with van der Waals surface area (Å²) in [6.45, 7) is 1.14. The summed E-state index contributed by atoms with van der Waals surface area (Å²) < 4.78 is 5.29. The molecule has 1 aliphatic heterocycles. The Kier molecular flexibility index (Phi) is 3.24. The Labute approximate surface area is 94.0 Å². The van der Waals surface area contributed by atoms with E-state index in [9.17, 15) is 5.11 Å². The van der Waals surface area contributed by atoms with Crippen LogP contribution in [0.1, 0.15) is 18.4 Å². The second-order valence-corrected chi connectivity index (χ2v) is 4.43. The van der Waals surface area contributed by atoms with E-state index in [-0.39, 0.29) is 0 Å². The van der Waals surface area contributed by atoms with Crippen molar-refractivity contribution in [1.29, 1.82) is 0 Å². The minimum Gasteiger partial charge on any atom is -0.387 e. The van der Waals surface area contributed by atoms with Crippen LogP contribution >= 0.6 is 11.6 Å². The van der Waals surface area contributed by atoms with E-state index in [1.165, 1.54) is 0 Å². The maximum Gasteiger partial charge on any atom is 0.0921 e. The third-order valence-electron chi connectivity index (χ3n) is 2.68. The molecule has 2 heterocycles. The van der Waals surface area contributed by atoms with Gasteiger partial charge in [-0.3, -0.25) is 4.98 Å². The van der Waals surface area contributed by atoms with Gasteiger partial charge < -0.3 is 9.84 Å². The highest BCUT2D eigenvalue weighted by molar-refractivity contribution is 6.31. The van der Waals surface area contributed by atoms with Gasteiger partial charge in [0.05, 0.1) is 17.2 Å². The molecule has 0 bridgehead atoms. The van der Waals surface area contributed by atoms with Gasteiger partial charge in [-0.2, -0.15) is 0 Å². The van der Waals surface area contributed by atoms with E-state index in [0.717, 1.165) is 25.0 Å². The Balaban J connectivity index is 2.10. The van der Waals surface area contributed by atoms with E-state index in [1.807, 2.05) is 6.07 Å². The van der Waals surface area contributed by atoms with Gasteiger partial charge in [0.1, 0.15) is 0 Å². The third-order valence-corrected chi connectivity index (χ3v) is 3.02. The zero-order chi connectivity index (χ0) is 10.7. The number of aliphatic hydroxyl groups is 1. The fraction of sp³-hybridized carbons (Fsp3) is 0.545. The van der Waals surface area contributed by atoms with Crippen molar-refractivity contribution in [2.45, 2.75) is 24.9 Å². The van der Waals surface area contributed by atoms with Gasteiger partial charge in [0, 0.05) is 25.4 Å². The summed E-state index contributed by atoms with van der Waals surface area (Å²) in [5, 5.41) is 10.9. The number of pyridine rings is 1. The van der Waals surface area contributed by atoms with E-state index >= 15 is 0 Å². The number of nitrogens with zero attached hydrogens (tertiary/aromatic N) is 1. The highest BCUT2D eigenvalue weighted by Gasteiger charge is 2.30. The van der Waals surface area contributed by atoms with Crippen LogP contribution < -0.4 is 0 Å². The average molecular weight is 228 g/mol. The SMILES string of the molecule is OC1(Cc2ccncc2Cl)CCCOC1. The standard InChI is InChI=1S/C11H14ClNO2/c12-10-7-13-4-2-9(10)6-11(14)3-1-5-15-8-11/h2,4,7,14H,1,3,5-6,8H2. The van der Waals surface area contributed by atoms with Crippen molar-refractivity contribution >= 4 is 11.6 Å². The maximum absolute atomic E-state index is 10.2. The zero-order valence-corrected chi connectivity index (χ0v) is 9.20. The molecule has 3 nitrogen and oxygen atoms in total.